The van der Waals surface area contributed by atoms with Crippen LogP contribution in [0.4, 0.5) is 0 Å². The minimum absolute atomic E-state index is 0.0378. The van der Waals surface area contributed by atoms with Crippen molar-refractivity contribution < 1.29 is 10.3 Å². The lowest BCUT2D eigenvalue weighted by Crippen LogP contribution is -2.31. The lowest BCUT2D eigenvalue weighted by Gasteiger charge is -2.28. The molecular formula is C14H23N3O2. The van der Waals surface area contributed by atoms with Crippen molar-refractivity contribution in [3.63, 3.8) is 0 Å². The summed E-state index contributed by atoms with van der Waals surface area (Å²) in [5, 5.41) is 21.2. The molecular weight excluding hydrogens is 242 g/mol. The van der Waals surface area contributed by atoms with E-state index in [4.69, 9.17) is 10.9 Å². The Morgan fingerprint density at radius 2 is 2.00 bits per heavy atom. The van der Waals surface area contributed by atoms with Crippen molar-refractivity contribution in [3.8, 4) is 0 Å². The van der Waals surface area contributed by atoms with E-state index in [9.17, 15) is 5.11 Å². The third kappa shape index (κ3) is 5.28. The van der Waals surface area contributed by atoms with E-state index < -0.39 is 0 Å². The van der Waals surface area contributed by atoms with Gasteiger partial charge in [0.1, 0.15) is 5.84 Å². The molecule has 0 saturated carbocycles. The molecule has 0 aliphatic carbocycles. The Kier molecular flexibility index (Phi) is 6.32. The van der Waals surface area contributed by atoms with Gasteiger partial charge in [-0.1, -0.05) is 35.5 Å². The van der Waals surface area contributed by atoms with Gasteiger partial charge in [0.05, 0.1) is 6.10 Å². The van der Waals surface area contributed by atoms with E-state index in [1.807, 2.05) is 37.4 Å². The van der Waals surface area contributed by atoms with Gasteiger partial charge < -0.3 is 16.0 Å². The van der Waals surface area contributed by atoms with Crippen molar-refractivity contribution in [2.75, 3.05) is 13.6 Å². The average molecular weight is 265 g/mol. The maximum atomic E-state index is 9.37. The summed E-state index contributed by atoms with van der Waals surface area (Å²) in [6.07, 6.45) is 0.815. The van der Waals surface area contributed by atoms with Crippen LogP contribution < -0.4 is 5.73 Å². The van der Waals surface area contributed by atoms with Gasteiger partial charge in [-0.15, -0.1) is 0 Å². The molecule has 5 nitrogen and oxygen atoms in total. The Balaban J connectivity index is 2.80. The van der Waals surface area contributed by atoms with Crippen molar-refractivity contribution in [2.24, 2.45) is 10.9 Å². The molecule has 106 valence electrons. The third-order valence-electron chi connectivity index (χ3n) is 3.15. The molecule has 19 heavy (non-hydrogen) atoms. The second-order valence-electron chi connectivity index (χ2n) is 4.84. The van der Waals surface area contributed by atoms with Gasteiger partial charge >= 0.3 is 0 Å². The molecule has 2 unspecified atom stereocenters. The normalized spacial score (nSPS) is 15.5. The molecule has 0 fully saturated rings. The predicted molar refractivity (Wildman–Crippen MR) is 76.1 cm³/mol. The molecule has 1 rings (SSSR count). The van der Waals surface area contributed by atoms with Crippen LogP contribution in [0.1, 0.15) is 31.4 Å². The molecule has 0 bridgehead atoms. The molecule has 0 aliphatic heterocycles. The second kappa shape index (κ2) is 7.76. The molecule has 1 aromatic rings. The highest BCUT2D eigenvalue weighted by Crippen LogP contribution is 2.23. The van der Waals surface area contributed by atoms with Gasteiger partial charge in [-0.2, -0.15) is 0 Å². The highest BCUT2D eigenvalue weighted by atomic mass is 16.4. The van der Waals surface area contributed by atoms with Crippen LogP contribution in [-0.4, -0.2) is 40.7 Å². The first-order chi connectivity index (χ1) is 9.04. The van der Waals surface area contributed by atoms with Gasteiger partial charge in [-0.05, 0) is 26.0 Å². The number of amidine groups is 1. The topological polar surface area (TPSA) is 82.1 Å². The zero-order chi connectivity index (χ0) is 14.3. The molecule has 0 saturated heterocycles. The summed E-state index contributed by atoms with van der Waals surface area (Å²) in [6.45, 7) is 2.52. The number of benzene rings is 1. The van der Waals surface area contributed by atoms with E-state index >= 15 is 0 Å². The summed E-state index contributed by atoms with van der Waals surface area (Å²) in [7, 11) is 1.98. The zero-order valence-electron chi connectivity index (χ0n) is 11.5. The first kappa shape index (κ1) is 15.5. The first-order valence-corrected chi connectivity index (χ1v) is 6.44. The van der Waals surface area contributed by atoms with E-state index in [-0.39, 0.29) is 18.0 Å². The van der Waals surface area contributed by atoms with Crippen molar-refractivity contribution in [1.82, 2.24) is 4.90 Å². The van der Waals surface area contributed by atoms with Crippen LogP contribution in [0.25, 0.3) is 0 Å². The average Bonchev–Trinajstić information content (AvgIpc) is 2.42. The summed E-state index contributed by atoms with van der Waals surface area (Å²) in [4.78, 5) is 2.11. The lowest BCUT2D eigenvalue weighted by atomic mass is 10.0. The highest BCUT2D eigenvalue weighted by Gasteiger charge is 2.18. The van der Waals surface area contributed by atoms with Crippen LogP contribution in [0.3, 0.4) is 0 Å². The van der Waals surface area contributed by atoms with Gasteiger partial charge in [0.15, 0.2) is 0 Å². The summed E-state index contributed by atoms with van der Waals surface area (Å²) in [6, 6.07) is 9.98. The fourth-order valence-electron chi connectivity index (χ4n) is 1.99. The third-order valence-corrected chi connectivity index (χ3v) is 3.15. The van der Waals surface area contributed by atoms with Crippen LogP contribution in [0.2, 0.25) is 0 Å². The van der Waals surface area contributed by atoms with Gasteiger partial charge in [-0.3, -0.25) is 4.90 Å². The number of oxime groups is 1. The van der Waals surface area contributed by atoms with E-state index in [1.165, 1.54) is 0 Å². The van der Waals surface area contributed by atoms with Gasteiger partial charge in [-0.25, -0.2) is 0 Å². The van der Waals surface area contributed by atoms with Gasteiger partial charge in [0.25, 0.3) is 0 Å². The molecule has 5 heteroatoms. The van der Waals surface area contributed by atoms with Crippen LogP contribution in [0, 0.1) is 0 Å². The zero-order valence-corrected chi connectivity index (χ0v) is 11.5. The van der Waals surface area contributed by atoms with Crippen molar-refractivity contribution >= 4 is 5.84 Å². The number of rotatable bonds is 7. The number of hydrogen-bond acceptors (Lipinski definition) is 4. The molecule has 0 aromatic heterocycles. The Morgan fingerprint density at radius 3 is 2.53 bits per heavy atom. The van der Waals surface area contributed by atoms with E-state index in [0.717, 1.165) is 12.1 Å². The minimum Gasteiger partial charge on any atom is -0.409 e. The monoisotopic (exact) mass is 265 g/mol. The standard InChI is InChI=1S/C14H23N3O2/c1-11(18)8-9-17(2)13(10-14(15)16-19)12-6-4-3-5-7-12/h3-7,11,13,18-19H,8-10H2,1-2H3,(H2,15,16). The highest BCUT2D eigenvalue weighted by molar-refractivity contribution is 5.80. The van der Waals surface area contributed by atoms with Gasteiger partial charge in [0, 0.05) is 19.0 Å². The van der Waals surface area contributed by atoms with Gasteiger partial charge in [0.2, 0.25) is 0 Å². The Hall–Kier alpha value is -1.59. The summed E-state index contributed by atoms with van der Waals surface area (Å²) < 4.78 is 0. The molecule has 0 spiro atoms. The van der Waals surface area contributed by atoms with E-state index in [0.29, 0.717) is 12.8 Å². The number of aliphatic hydroxyl groups is 1. The Morgan fingerprint density at radius 1 is 1.37 bits per heavy atom. The number of hydrogen-bond donors (Lipinski definition) is 3. The maximum absolute atomic E-state index is 9.37. The maximum Gasteiger partial charge on any atom is 0.141 e. The minimum atomic E-state index is -0.331. The number of nitrogens with zero attached hydrogens (tertiary/aromatic N) is 2. The second-order valence-corrected chi connectivity index (χ2v) is 4.84. The largest absolute Gasteiger partial charge is 0.409 e. The van der Waals surface area contributed by atoms with Crippen molar-refractivity contribution in [1.29, 1.82) is 0 Å². The molecule has 0 radical (unpaired) electrons. The van der Waals surface area contributed by atoms with Crippen molar-refractivity contribution in [2.45, 2.75) is 31.9 Å². The predicted octanol–water partition coefficient (Wildman–Crippen LogP) is 1.57. The Bertz CT molecular complexity index is 393. The van der Waals surface area contributed by atoms with Crippen LogP contribution >= 0.6 is 0 Å². The van der Waals surface area contributed by atoms with E-state index in [1.54, 1.807) is 6.92 Å². The smallest absolute Gasteiger partial charge is 0.141 e. The van der Waals surface area contributed by atoms with E-state index in [2.05, 4.69) is 10.1 Å². The first-order valence-electron chi connectivity index (χ1n) is 6.44. The number of nitrogens with two attached hydrogens (primary N) is 1. The Labute approximate surface area is 114 Å². The molecule has 2 atom stereocenters. The fraction of sp³-hybridized carbons (Fsp3) is 0.500. The molecule has 0 aliphatic rings. The SMILES string of the molecule is CC(O)CCN(C)C(C/C(N)=N/O)c1ccccc1. The van der Waals surface area contributed by atoms with Crippen LogP contribution in [0.5, 0.6) is 0 Å². The molecule has 4 N–H and O–H groups in total. The van der Waals surface area contributed by atoms with Crippen molar-refractivity contribution in [3.05, 3.63) is 35.9 Å². The summed E-state index contributed by atoms with van der Waals surface area (Å²) in [5.41, 5.74) is 6.74. The lowest BCUT2D eigenvalue weighted by molar-refractivity contribution is 0.150. The quantitative estimate of drug-likeness (QED) is 0.302. The number of aliphatic hydroxyl groups excluding tert-OH is 1. The van der Waals surface area contributed by atoms with Crippen LogP contribution in [-0.2, 0) is 0 Å². The molecule has 0 heterocycles. The van der Waals surface area contributed by atoms with Crippen LogP contribution in [0.15, 0.2) is 35.5 Å². The molecule has 0 amide bonds. The fourth-order valence-corrected chi connectivity index (χ4v) is 1.99. The summed E-state index contributed by atoms with van der Waals surface area (Å²) >= 11 is 0. The molecule has 1 aromatic carbocycles. The summed E-state index contributed by atoms with van der Waals surface area (Å²) in [5.74, 6) is 0.206.